The monoisotopic (exact) mass is 292 g/mol. The summed E-state index contributed by atoms with van der Waals surface area (Å²) in [6, 6.07) is 0. The van der Waals surface area contributed by atoms with Gasteiger partial charge in [-0.15, -0.1) is 0 Å². The SMILES string of the molecule is CBC1=C(O)[C@@](C)(Br)CC(Br)=C1. The van der Waals surface area contributed by atoms with Crippen molar-refractivity contribution < 1.29 is 5.11 Å². The summed E-state index contributed by atoms with van der Waals surface area (Å²) in [4.78, 5) is 0. The zero-order chi connectivity index (χ0) is 9.35. The predicted molar refractivity (Wildman–Crippen MR) is 61.6 cm³/mol. The molecule has 0 aromatic heterocycles. The number of halogens is 2. The molecule has 0 saturated heterocycles. The van der Waals surface area contributed by atoms with Crippen molar-refractivity contribution in [3.63, 3.8) is 0 Å². The van der Waals surface area contributed by atoms with Gasteiger partial charge < -0.3 is 5.11 Å². The second kappa shape index (κ2) is 3.58. The van der Waals surface area contributed by atoms with Crippen LogP contribution in [0, 0.1) is 0 Å². The van der Waals surface area contributed by atoms with Crippen LogP contribution in [0.4, 0.5) is 0 Å². The molecule has 0 aliphatic heterocycles. The highest BCUT2D eigenvalue weighted by molar-refractivity contribution is 9.12. The molecule has 0 amide bonds. The summed E-state index contributed by atoms with van der Waals surface area (Å²) < 4.78 is 0.850. The normalized spacial score (nSPS) is 30.2. The third kappa shape index (κ3) is 1.97. The molecule has 1 aliphatic rings. The molecule has 0 radical (unpaired) electrons. The number of aliphatic hydroxyl groups excluding tert-OH is 1. The number of aliphatic hydroxyl groups is 1. The summed E-state index contributed by atoms with van der Waals surface area (Å²) in [5, 5.41) is 9.78. The summed E-state index contributed by atoms with van der Waals surface area (Å²) in [6.45, 7) is 4.02. The van der Waals surface area contributed by atoms with Crippen LogP contribution in [-0.2, 0) is 0 Å². The maximum atomic E-state index is 9.78. The molecule has 1 N–H and O–H groups in total. The van der Waals surface area contributed by atoms with Crippen molar-refractivity contribution in [2.24, 2.45) is 0 Å². The molecule has 0 bridgehead atoms. The summed E-state index contributed by atoms with van der Waals surface area (Å²) in [6.07, 6.45) is 2.81. The van der Waals surface area contributed by atoms with Crippen LogP contribution in [0.5, 0.6) is 0 Å². The number of allylic oxidation sites excluding steroid dienone is 4. The van der Waals surface area contributed by atoms with Gasteiger partial charge in [-0.25, -0.2) is 0 Å². The maximum absolute atomic E-state index is 9.78. The molecule has 0 spiro atoms. The second-order valence-electron chi connectivity index (χ2n) is 3.19. The first-order valence-electron chi connectivity index (χ1n) is 3.95. The first-order valence-corrected chi connectivity index (χ1v) is 5.53. The van der Waals surface area contributed by atoms with Gasteiger partial charge in [-0.2, -0.15) is 0 Å². The fourth-order valence-electron chi connectivity index (χ4n) is 1.31. The summed E-state index contributed by atoms with van der Waals surface area (Å²) >= 11 is 6.96. The molecular formula is C8H11BBr2O. The largest absolute Gasteiger partial charge is 0.511 e. The molecule has 66 valence electrons. The van der Waals surface area contributed by atoms with E-state index < -0.39 is 0 Å². The highest BCUT2D eigenvalue weighted by Gasteiger charge is 2.31. The van der Waals surface area contributed by atoms with Crippen LogP contribution in [0.15, 0.2) is 21.8 Å². The van der Waals surface area contributed by atoms with E-state index in [1.54, 1.807) is 0 Å². The van der Waals surface area contributed by atoms with E-state index in [2.05, 4.69) is 31.9 Å². The molecule has 0 heterocycles. The van der Waals surface area contributed by atoms with Crippen molar-refractivity contribution in [1.29, 1.82) is 0 Å². The Morgan fingerprint density at radius 1 is 1.67 bits per heavy atom. The van der Waals surface area contributed by atoms with Crippen molar-refractivity contribution in [1.82, 2.24) is 0 Å². The number of alkyl halides is 1. The van der Waals surface area contributed by atoms with E-state index in [1.165, 1.54) is 0 Å². The lowest BCUT2D eigenvalue weighted by atomic mass is 9.68. The van der Waals surface area contributed by atoms with Crippen LogP contribution in [-0.4, -0.2) is 16.7 Å². The minimum atomic E-state index is -0.286. The zero-order valence-electron chi connectivity index (χ0n) is 7.19. The van der Waals surface area contributed by atoms with Crippen LogP contribution in [0.1, 0.15) is 13.3 Å². The van der Waals surface area contributed by atoms with E-state index in [0.717, 1.165) is 23.7 Å². The topological polar surface area (TPSA) is 20.2 Å². The first-order chi connectivity index (χ1) is 5.47. The van der Waals surface area contributed by atoms with E-state index in [1.807, 2.05) is 19.8 Å². The highest BCUT2D eigenvalue weighted by Crippen LogP contribution is 2.39. The molecule has 4 heteroatoms. The van der Waals surface area contributed by atoms with Gasteiger partial charge in [-0.3, -0.25) is 0 Å². The molecule has 0 unspecified atom stereocenters. The highest BCUT2D eigenvalue weighted by atomic mass is 79.9. The van der Waals surface area contributed by atoms with Crippen LogP contribution >= 0.6 is 31.9 Å². The van der Waals surface area contributed by atoms with Gasteiger partial charge in [-0.1, -0.05) is 44.8 Å². The average Bonchev–Trinajstić information content (AvgIpc) is 1.96. The summed E-state index contributed by atoms with van der Waals surface area (Å²) in [5.74, 6) is 0.466. The van der Waals surface area contributed by atoms with Crippen LogP contribution < -0.4 is 0 Å². The van der Waals surface area contributed by atoms with Gasteiger partial charge >= 0.3 is 0 Å². The van der Waals surface area contributed by atoms with Crippen LogP contribution in [0.2, 0.25) is 6.82 Å². The second-order valence-corrected chi connectivity index (χ2v) is 5.96. The fraction of sp³-hybridized carbons (Fsp3) is 0.500. The lowest BCUT2D eigenvalue weighted by Crippen LogP contribution is -2.24. The Morgan fingerprint density at radius 3 is 2.75 bits per heavy atom. The third-order valence-corrected chi connectivity index (χ3v) is 3.18. The van der Waals surface area contributed by atoms with Crippen molar-refractivity contribution in [2.75, 3.05) is 0 Å². The quantitative estimate of drug-likeness (QED) is 0.582. The lowest BCUT2D eigenvalue weighted by Gasteiger charge is -2.27. The Kier molecular flexibility index (Phi) is 3.10. The lowest BCUT2D eigenvalue weighted by molar-refractivity contribution is 0.357. The van der Waals surface area contributed by atoms with E-state index in [4.69, 9.17) is 0 Å². The minimum absolute atomic E-state index is 0.286. The Bertz CT molecular complexity index is 256. The third-order valence-electron chi connectivity index (χ3n) is 2.01. The van der Waals surface area contributed by atoms with Crippen LogP contribution in [0.3, 0.4) is 0 Å². The Hall–Kier alpha value is 0.305. The number of hydrogen-bond acceptors (Lipinski definition) is 1. The van der Waals surface area contributed by atoms with E-state index in [0.29, 0.717) is 5.76 Å². The molecule has 0 saturated carbocycles. The van der Waals surface area contributed by atoms with Gasteiger partial charge in [0.2, 0.25) is 0 Å². The van der Waals surface area contributed by atoms with Gasteiger partial charge in [0.15, 0.2) is 7.28 Å². The molecule has 12 heavy (non-hydrogen) atoms. The summed E-state index contributed by atoms with van der Waals surface area (Å²) in [7, 11) is 0.863. The van der Waals surface area contributed by atoms with Gasteiger partial charge in [0, 0.05) is 6.42 Å². The van der Waals surface area contributed by atoms with Gasteiger partial charge in [-0.05, 0) is 16.9 Å². The summed E-state index contributed by atoms with van der Waals surface area (Å²) in [5.41, 5.74) is 1.01. The van der Waals surface area contributed by atoms with Gasteiger partial charge in [0.05, 0.1) is 4.32 Å². The standard InChI is InChI=1S/C8H11BBr2O/c1-8(11)4-5(10)3-6(9-2)7(8)12/h3,9,12H,4H2,1-2H3/t8-/m0/s1. The smallest absolute Gasteiger partial charge is 0.159 e. The van der Waals surface area contributed by atoms with Crippen molar-refractivity contribution in [3.05, 3.63) is 21.8 Å². The van der Waals surface area contributed by atoms with Crippen molar-refractivity contribution in [3.8, 4) is 0 Å². The molecule has 1 atom stereocenters. The molecular weight excluding hydrogens is 283 g/mol. The predicted octanol–water partition coefficient (Wildman–Crippen LogP) is 3.08. The van der Waals surface area contributed by atoms with Crippen LogP contribution in [0.25, 0.3) is 0 Å². The average molecular weight is 294 g/mol. The zero-order valence-corrected chi connectivity index (χ0v) is 10.4. The van der Waals surface area contributed by atoms with Gasteiger partial charge in [0.25, 0.3) is 0 Å². The molecule has 0 aromatic rings. The number of hydrogen-bond donors (Lipinski definition) is 1. The molecule has 1 aliphatic carbocycles. The molecule has 1 nitrogen and oxygen atoms in total. The molecule has 1 rings (SSSR count). The van der Waals surface area contributed by atoms with Crippen molar-refractivity contribution >= 4 is 39.1 Å². The first kappa shape index (κ1) is 10.4. The van der Waals surface area contributed by atoms with E-state index in [9.17, 15) is 5.11 Å². The Labute approximate surface area is 90.4 Å². The minimum Gasteiger partial charge on any atom is -0.511 e. The molecule has 0 aromatic carbocycles. The fourth-order valence-corrected chi connectivity index (χ4v) is 3.08. The maximum Gasteiger partial charge on any atom is 0.159 e. The van der Waals surface area contributed by atoms with E-state index in [-0.39, 0.29) is 4.32 Å². The Morgan fingerprint density at radius 2 is 2.25 bits per heavy atom. The van der Waals surface area contributed by atoms with Gasteiger partial charge in [0.1, 0.15) is 5.76 Å². The Balaban J connectivity index is 3.07. The van der Waals surface area contributed by atoms with E-state index >= 15 is 0 Å². The molecule has 0 fully saturated rings. The van der Waals surface area contributed by atoms with Crippen molar-refractivity contribution in [2.45, 2.75) is 24.5 Å². The number of rotatable bonds is 1.